The molecular weight excluding hydrogens is 270 g/mol. The molecule has 7 heteroatoms. The van der Waals surface area contributed by atoms with E-state index in [0.717, 1.165) is 11.3 Å². The molecule has 0 saturated carbocycles. The molecule has 0 saturated heterocycles. The zero-order chi connectivity index (χ0) is 14.8. The summed E-state index contributed by atoms with van der Waals surface area (Å²) in [6.45, 7) is 0.315. The number of nitrogen functional groups attached to an aromatic ring is 1. The van der Waals surface area contributed by atoms with Crippen molar-refractivity contribution in [3.05, 3.63) is 30.6 Å². The van der Waals surface area contributed by atoms with E-state index in [4.69, 9.17) is 15.6 Å². The van der Waals surface area contributed by atoms with Crippen LogP contribution in [0.25, 0.3) is 22.3 Å². The maximum Gasteiger partial charge on any atom is 0.164 e. The van der Waals surface area contributed by atoms with Crippen molar-refractivity contribution < 1.29 is 9.84 Å². The molecule has 0 unspecified atom stereocenters. The molecule has 108 valence electrons. The second kappa shape index (κ2) is 5.37. The van der Waals surface area contributed by atoms with E-state index >= 15 is 0 Å². The maximum atomic E-state index is 9.15. The normalized spacial score (nSPS) is 11.0. The van der Waals surface area contributed by atoms with Crippen molar-refractivity contribution in [2.75, 3.05) is 19.5 Å². The highest BCUT2D eigenvalue weighted by Gasteiger charge is 2.16. The maximum absolute atomic E-state index is 9.15. The standard InChI is InChI=1S/C14H15N5O2/c1-21-10-4-2-3-9(7-10)12-11-13(15)16-8-17-14(11)19(18-12)5-6-20/h2-4,7-8,20H,5-6H2,1H3,(H2,15,16,17). The smallest absolute Gasteiger partial charge is 0.164 e. The Hall–Kier alpha value is -2.67. The number of hydrogen-bond acceptors (Lipinski definition) is 6. The molecule has 0 radical (unpaired) electrons. The van der Waals surface area contributed by atoms with Gasteiger partial charge in [-0.2, -0.15) is 5.10 Å². The fourth-order valence-electron chi connectivity index (χ4n) is 2.25. The Balaban J connectivity index is 2.26. The zero-order valence-corrected chi connectivity index (χ0v) is 11.5. The van der Waals surface area contributed by atoms with E-state index in [1.165, 1.54) is 6.33 Å². The van der Waals surface area contributed by atoms with E-state index in [0.29, 0.717) is 29.1 Å². The van der Waals surface area contributed by atoms with Gasteiger partial charge < -0.3 is 15.6 Å². The molecular formula is C14H15N5O2. The zero-order valence-electron chi connectivity index (χ0n) is 11.5. The molecule has 0 aliphatic heterocycles. The second-order valence-electron chi connectivity index (χ2n) is 4.48. The Labute approximate surface area is 121 Å². The molecule has 0 aliphatic rings. The highest BCUT2D eigenvalue weighted by molar-refractivity contribution is 5.98. The SMILES string of the molecule is COc1cccc(-c2nn(CCO)c3ncnc(N)c23)c1. The van der Waals surface area contributed by atoms with E-state index in [1.807, 2.05) is 24.3 Å². The van der Waals surface area contributed by atoms with Gasteiger partial charge in [0.1, 0.15) is 23.6 Å². The molecule has 2 aromatic heterocycles. The lowest BCUT2D eigenvalue weighted by atomic mass is 10.1. The number of fused-ring (bicyclic) bond motifs is 1. The third kappa shape index (κ3) is 2.27. The summed E-state index contributed by atoms with van der Waals surface area (Å²) < 4.78 is 6.86. The van der Waals surface area contributed by atoms with Crippen LogP contribution in [-0.2, 0) is 6.54 Å². The largest absolute Gasteiger partial charge is 0.497 e. The molecule has 3 rings (SSSR count). The summed E-state index contributed by atoms with van der Waals surface area (Å²) >= 11 is 0. The average Bonchev–Trinajstić information content (AvgIpc) is 2.88. The fourth-order valence-corrected chi connectivity index (χ4v) is 2.25. The summed E-state index contributed by atoms with van der Waals surface area (Å²) in [6.07, 6.45) is 1.39. The van der Waals surface area contributed by atoms with Crippen molar-refractivity contribution in [3.63, 3.8) is 0 Å². The Kier molecular flexibility index (Phi) is 3.41. The number of nitrogens with zero attached hydrogens (tertiary/aromatic N) is 4. The first-order valence-electron chi connectivity index (χ1n) is 6.47. The third-order valence-corrected chi connectivity index (χ3v) is 3.21. The van der Waals surface area contributed by atoms with Gasteiger partial charge in [-0.15, -0.1) is 0 Å². The van der Waals surface area contributed by atoms with Crippen molar-refractivity contribution in [1.29, 1.82) is 0 Å². The number of aromatic nitrogens is 4. The van der Waals surface area contributed by atoms with Crippen LogP contribution < -0.4 is 10.5 Å². The number of methoxy groups -OCH3 is 1. The lowest BCUT2D eigenvalue weighted by molar-refractivity contribution is 0.271. The summed E-state index contributed by atoms with van der Waals surface area (Å²) in [5.74, 6) is 1.09. The van der Waals surface area contributed by atoms with Crippen LogP contribution in [-0.4, -0.2) is 38.6 Å². The van der Waals surface area contributed by atoms with Gasteiger partial charge in [0.2, 0.25) is 0 Å². The topological polar surface area (TPSA) is 99.1 Å². The number of nitrogens with two attached hydrogens (primary N) is 1. The number of anilines is 1. The van der Waals surface area contributed by atoms with E-state index in [9.17, 15) is 0 Å². The molecule has 2 heterocycles. The van der Waals surface area contributed by atoms with E-state index in [-0.39, 0.29) is 6.61 Å². The minimum Gasteiger partial charge on any atom is -0.497 e. The minimum atomic E-state index is -0.0295. The van der Waals surface area contributed by atoms with E-state index in [1.54, 1.807) is 11.8 Å². The minimum absolute atomic E-state index is 0.0295. The number of rotatable bonds is 4. The highest BCUT2D eigenvalue weighted by atomic mass is 16.5. The van der Waals surface area contributed by atoms with Gasteiger partial charge in [-0.25, -0.2) is 14.6 Å². The van der Waals surface area contributed by atoms with Gasteiger partial charge in [-0.1, -0.05) is 12.1 Å². The van der Waals surface area contributed by atoms with Gasteiger partial charge in [-0.05, 0) is 12.1 Å². The lowest BCUT2D eigenvalue weighted by Crippen LogP contribution is -2.05. The van der Waals surface area contributed by atoms with Crippen LogP contribution in [0.3, 0.4) is 0 Å². The number of benzene rings is 1. The predicted molar refractivity (Wildman–Crippen MR) is 78.8 cm³/mol. The third-order valence-electron chi connectivity index (χ3n) is 3.21. The van der Waals surface area contributed by atoms with E-state index < -0.39 is 0 Å². The van der Waals surface area contributed by atoms with Gasteiger partial charge in [0.05, 0.1) is 25.6 Å². The van der Waals surface area contributed by atoms with Gasteiger partial charge in [0, 0.05) is 5.56 Å². The summed E-state index contributed by atoms with van der Waals surface area (Å²) in [4.78, 5) is 8.25. The molecule has 3 aromatic rings. The molecule has 0 fully saturated rings. The number of ether oxygens (including phenoxy) is 1. The van der Waals surface area contributed by atoms with Crippen molar-refractivity contribution in [1.82, 2.24) is 19.7 Å². The van der Waals surface area contributed by atoms with Gasteiger partial charge in [0.15, 0.2) is 5.65 Å². The Bertz CT molecular complexity index is 784. The first-order chi connectivity index (χ1) is 10.2. The van der Waals surface area contributed by atoms with Crippen molar-refractivity contribution in [2.24, 2.45) is 0 Å². The monoisotopic (exact) mass is 285 g/mol. The summed E-state index contributed by atoms with van der Waals surface area (Å²) in [6, 6.07) is 7.53. The molecule has 21 heavy (non-hydrogen) atoms. The lowest BCUT2D eigenvalue weighted by Gasteiger charge is -2.02. The van der Waals surface area contributed by atoms with Gasteiger partial charge >= 0.3 is 0 Å². The average molecular weight is 285 g/mol. The van der Waals surface area contributed by atoms with Crippen molar-refractivity contribution in [2.45, 2.75) is 6.54 Å². The molecule has 0 amide bonds. The number of aliphatic hydroxyl groups is 1. The van der Waals surface area contributed by atoms with Gasteiger partial charge in [0.25, 0.3) is 0 Å². The summed E-state index contributed by atoms with van der Waals surface area (Å²) in [7, 11) is 1.61. The van der Waals surface area contributed by atoms with Crippen LogP contribution in [0, 0.1) is 0 Å². The van der Waals surface area contributed by atoms with Crippen LogP contribution in [0.15, 0.2) is 30.6 Å². The van der Waals surface area contributed by atoms with Crippen LogP contribution in [0.5, 0.6) is 5.75 Å². The molecule has 0 spiro atoms. The van der Waals surface area contributed by atoms with Crippen LogP contribution in [0.2, 0.25) is 0 Å². The molecule has 0 bridgehead atoms. The summed E-state index contributed by atoms with van der Waals surface area (Å²) in [5, 5.41) is 14.3. The summed E-state index contributed by atoms with van der Waals surface area (Å²) in [5.41, 5.74) is 8.12. The molecule has 0 aliphatic carbocycles. The first kappa shape index (κ1) is 13.3. The van der Waals surface area contributed by atoms with Crippen LogP contribution in [0.4, 0.5) is 5.82 Å². The van der Waals surface area contributed by atoms with Crippen LogP contribution >= 0.6 is 0 Å². The molecule has 0 atom stereocenters. The number of aliphatic hydroxyl groups excluding tert-OH is 1. The van der Waals surface area contributed by atoms with Gasteiger partial charge in [-0.3, -0.25) is 0 Å². The van der Waals surface area contributed by atoms with Crippen molar-refractivity contribution in [3.8, 4) is 17.0 Å². The molecule has 1 aromatic carbocycles. The highest BCUT2D eigenvalue weighted by Crippen LogP contribution is 2.31. The Morgan fingerprint density at radius 2 is 2.19 bits per heavy atom. The number of hydrogen-bond donors (Lipinski definition) is 2. The molecule has 7 nitrogen and oxygen atoms in total. The fraction of sp³-hybridized carbons (Fsp3) is 0.214. The Morgan fingerprint density at radius 1 is 1.33 bits per heavy atom. The second-order valence-corrected chi connectivity index (χ2v) is 4.48. The Morgan fingerprint density at radius 3 is 2.95 bits per heavy atom. The first-order valence-corrected chi connectivity index (χ1v) is 6.47. The van der Waals surface area contributed by atoms with Crippen LogP contribution in [0.1, 0.15) is 0 Å². The van der Waals surface area contributed by atoms with E-state index in [2.05, 4.69) is 15.1 Å². The predicted octanol–water partition coefficient (Wildman–Crippen LogP) is 1.08. The quantitative estimate of drug-likeness (QED) is 0.744. The molecule has 3 N–H and O–H groups in total. The van der Waals surface area contributed by atoms with Crippen molar-refractivity contribution >= 4 is 16.9 Å².